The molecule has 0 saturated heterocycles. The highest BCUT2D eigenvalue weighted by molar-refractivity contribution is 5.29. The van der Waals surface area contributed by atoms with Gasteiger partial charge in [0.2, 0.25) is 0 Å². The summed E-state index contributed by atoms with van der Waals surface area (Å²) in [5, 5.41) is 0. The maximum Gasteiger partial charge on any atom is -0.00458 e. The van der Waals surface area contributed by atoms with Gasteiger partial charge in [-0.05, 0) is 34.9 Å². The van der Waals surface area contributed by atoms with Crippen LogP contribution in [-0.2, 0) is 5.41 Å². The highest BCUT2D eigenvalue weighted by atomic mass is 14.5. The fraction of sp³-hybridized carbons (Fsp3) is 0.600. The molecule has 2 unspecified atom stereocenters. The molecule has 0 saturated carbocycles. The Labute approximate surface area is 100 Å². The van der Waals surface area contributed by atoms with Crippen LogP contribution in [-0.4, -0.2) is 6.54 Å². The van der Waals surface area contributed by atoms with E-state index in [1.807, 2.05) is 0 Å². The van der Waals surface area contributed by atoms with Crippen LogP contribution in [0.25, 0.3) is 0 Å². The van der Waals surface area contributed by atoms with Crippen LogP contribution < -0.4 is 5.73 Å². The van der Waals surface area contributed by atoms with E-state index in [4.69, 9.17) is 5.73 Å². The quantitative estimate of drug-likeness (QED) is 0.824. The van der Waals surface area contributed by atoms with Gasteiger partial charge in [-0.2, -0.15) is 0 Å². The highest BCUT2D eigenvalue weighted by Crippen LogP contribution is 2.27. The van der Waals surface area contributed by atoms with Gasteiger partial charge in [0.05, 0.1) is 0 Å². The van der Waals surface area contributed by atoms with Crippen molar-refractivity contribution in [2.75, 3.05) is 6.54 Å². The number of benzene rings is 1. The maximum atomic E-state index is 5.71. The van der Waals surface area contributed by atoms with Crippen molar-refractivity contribution in [2.24, 2.45) is 11.7 Å². The Morgan fingerprint density at radius 1 is 1.06 bits per heavy atom. The van der Waals surface area contributed by atoms with Crippen molar-refractivity contribution in [3.8, 4) is 0 Å². The number of hydrogen-bond acceptors (Lipinski definition) is 1. The predicted octanol–water partition coefficient (Wildman–Crippen LogP) is 3.68. The minimum Gasteiger partial charge on any atom is -0.330 e. The third-order valence-corrected chi connectivity index (χ3v) is 3.53. The molecule has 0 radical (unpaired) electrons. The van der Waals surface area contributed by atoms with Gasteiger partial charge in [-0.1, -0.05) is 58.9 Å². The second kappa shape index (κ2) is 5.01. The predicted molar refractivity (Wildman–Crippen MR) is 71.8 cm³/mol. The van der Waals surface area contributed by atoms with Crippen LogP contribution in [0.5, 0.6) is 0 Å². The van der Waals surface area contributed by atoms with Gasteiger partial charge < -0.3 is 5.73 Å². The Balaban J connectivity index is 2.87. The third kappa shape index (κ3) is 3.08. The summed E-state index contributed by atoms with van der Waals surface area (Å²) >= 11 is 0. The Morgan fingerprint density at radius 3 is 1.94 bits per heavy atom. The molecule has 2 N–H and O–H groups in total. The van der Waals surface area contributed by atoms with Crippen LogP contribution in [0.1, 0.15) is 51.7 Å². The van der Waals surface area contributed by atoms with Crippen LogP contribution in [0.15, 0.2) is 24.3 Å². The third-order valence-electron chi connectivity index (χ3n) is 3.53. The van der Waals surface area contributed by atoms with Gasteiger partial charge in [-0.3, -0.25) is 0 Å². The molecule has 0 aliphatic carbocycles. The van der Waals surface area contributed by atoms with E-state index in [-0.39, 0.29) is 5.41 Å². The van der Waals surface area contributed by atoms with Crippen molar-refractivity contribution in [3.05, 3.63) is 35.4 Å². The van der Waals surface area contributed by atoms with Crippen LogP contribution in [0.2, 0.25) is 0 Å². The van der Waals surface area contributed by atoms with Gasteiger partial charge in [-0.25, -0.2) is 0 Å². The minimum atomic E-state index is 0.237. The molecule has 1 rings (SSSR count). The number of hydrogen-bond donors (Lipinski definition) is 1. The molecule has 0 fully saturated rings. The second-order valence-corrected chi connectivity index (χ2v) is 5.87. The van der Waals surface area contributed by atoms with Gasteiger partial charge in [0.15, 0.2) is 0 Å². The van der Waals surface area contributed by atoms with E-state index in [0.717, 1.165) is 6.54 Å². The van der Waals surface area contributed by atoms with Crippen molar-refractivity contribution >= 4 is 0 Å². The summed E-state index contributed by atoms with van der Waals surface area (Å²) < 4.78 is 0. The number of nitrogens with two attached hydrogens (primary N) is 1. The largest absolute Gasteiger partial charge is 0.330 e. The minimum absolute atomic E-state index is 0.237. The Kier molecular flexibility index (Phi) is 4.15. The molecule has 0 heterocycles. The zero-order valence-electron chi connectivity index (χ0n) is 11.2. The molecule has 16 heavy (non-hydrogen) atoms. The van der Waals surface area contributed by atoms with E-state index in [1.165, 1.54) is 11.1 Å². The molecule has 1 heteroatoms. The molecular weight excluding hydrogens is 194 g/mol. The van der Waals surface area contributed by atoms with Crippen LogP contribution in [0.4, 0.5) is 0 Å². The smallest absolute Gasteiger partial charge is 0.00458 e. The van der Waals surface area contributed by atoms with Crippen molar-refractivity contribution in [3.63, 3.8) is 0 Å². The molecule has 1 aromatic carbocycles. The van der Waals surface area contributed by atoms with Crippen molar-refractivity contribution in [1.82, 2.24) is 0 Å². The molecule has 0 bridgehead atoms. The summed E-state index contributed by atoms with van der Waals surface area (Å²) in [7, 11) is 0. The molecule has 0 aromatic heterocycles. The van der Waals surface area contributed by atoms with E-state index in [9.17, 15) is 0 Å². The van der Waals surface area contributed by atoms with Crippen LogP contribution >= 0.6 is 0 Å². The van der Waals surface area contributed by atoms with Crippen molar-refractivity contribution < 1.29 is 0 Å². The standard InChI is InChI=1S/C15H25N/c1-11(10-16)12(2)13-6-8-14(9-7-13)15(3,4)5/h6-9,11-12H,10,16H2,1-5H3. The van der Waals surface area contributed by atoms with Gasteiger partial charge in [0, 0.05) is 0 Å². The van der Waals surface area contributed by atoms with E-state index in [2.05, 4.69) is 58.9 Å². The first kappa shape index (κ1) is 13.2. The molecule has 1 aromatic rings. The maximum absolute atomic E-state index is 5.71. The molecular formula is C15H25N. The van der Waals surface area contributed by atoms with E-state index in [0.29, 0.717) is 11.8 Å². The number of rotatable bonds is 3. The fourth-order valence-electron chi connectivity index (χ4n) is 1.82. The Morgan fingerprint density at radius 2 is 1.56 bits per heavy atom. The molecule has 90 valence electrons. The SMILES string of the molecule is CC(CN)C(C)c1ccc(C(C)(C)C)cc1. The highest BCUT2D eigenvalue weighted by Gasteiger charge is 2.16. The van der Waals surface area contributed by atoms with Gasteiger partial charge in [0.1, 0.15) is 0 Å². The van der Waals surface area contributed by atoms with Gasteiger partial charge >= 0.3 is 0 Å². The van der Waals surface area contributed by atoms with Crippen molar-refractivity contribution in [2.45, 2.75) is 46.0 Å². The Bertz CT molecular complexity index is 318. The lowest BCUT2D eigenvalue weighted by molar-refractivity contribution is 0.498. The van der Waals surface area contributed by atoms with Crippen LogP contribution in [0, 0.1) is 5.92 Å². The zero-order valence-corrected chi connectivity index (χ0v) is 11.2. The lowest BCUT2D eigenvalue weighted by Crippen LogP contribution is -2.17. The molecule has 2 atom stereocenters. The molecule has 0 aliphatic heterocycles. The summed E-state index contributed by atoms with van der Waals surface area (Å²) in [4.78, 5) is 0. The zero-order chi connectivity index (χ0) is 12.3. The Hall–Kier alpha value is -0.820. The van der Waals surface area contributed by atoms with Crippen LogP contribution in [0.3, 0.4) is 0 Å². The van der Waals surface area contributed by atoms with Gasteiger partial charge in [0.25, 0.3) is 0 Å². The summed E-state index contributed by atoms with van der Waals surface area (Å²) in [6.45, 7) is 11.9. The average Bonchev–Trinajstić information content (AvgIpc) is 2.26. The average molecular weight is 219 g/mol. The van der Waals surface area contributed by atoms with E-state index in [1.54, 1.807) is 0 Å². The van der Waals surface area contributed by atoms with Gasteiger partial charge in [-0.15, -0.1) is 0 Å². The fourth-order valence-corrected chi connectivity index (χ4v) is 1.82. The topological polar surface area (TPSA) is 26.0 Å². The second-order valence-electron chi connectivity index (χ2n) is 5.87. The normalized spacial score (nSPS) is 15.9. The van der Waals surface area contributed by atoms with E-state index < -0.39 is 0 Å². The first-order chi connectivity index (χ1) is 7.36. The van der Waals surface area contributed by atoms with Crippen molar-refractivity contribution in [1.29, 1.82) is 0 Å². The molecule has 1 nitrogen and oxygen atoms in total. The first-order valence-electron chi connectivity index (χ1n) is 6.16. The summed E-state index contributed by atoms with van der Waals surface area (Å²) in [6.07, 6.45) is 0. The molecule has 0 aliphatic rings. The first-order valence-corrected chi connectivity index (χ1v) is 6.16. The lowest BCUT2D eigenvalue weighted by atomic mass is 9.84. The molecule has 0 spiro atoms. The monoisotopic (exact) mass is 219 g/mol. The summed E-state index contributed by atoms with van der Waals surface area (Å²) in [6, 6.07) is 8.99. The molecule has 0 amide bonds. The summed E-state index contributed by atoms with van der Waals surface area (Å²) in [5.41, 5.74) is 8.73. The van der Waals surface area contributed by atoms with E-state index >= 15 is 0 Å². The summed E-state index contributed by atoms with van der Waals surface area (Å²) in [5.74, 6) is 1.08. The lowest BCUT2D eigenvalue weighted by Gasteiger charge is -2.22.